The molecule has 0 bridgehead atoms. The van der Waals surface area contributed by atoms with E-state index in [-0.39, 0.29) is 18.1 Å². The van der Waals surface area contributed by atoms with E-state index in [4.69, 9.17) is 0 Å². The van der Waals surface area contributed by atoms with Crippen LogP contribution in [0.4, 0.5) is 23.0 Å². The number of anilines is 4. The minimum Gasteiger partial charge on any atom is -0.508 e. The van der Waals surface area contributed by atoms with Gasteiger partial charge in [-0.15, -0.1) is 0 Å². The number of hydrogen-bond acceptors (Lipinski definition) is 7. The summed E-state index contributed by atoms with van der Waals surface area (Å²) >= 11 is 0. The van der Waals surface area contributed by atoms with Gasteiger partial charge in [0.05, 0.1) is 12.2 Å². The van der Waals surface area contributed by atoms with Crippen LogP contribution in [-0.4, -0.2) is 26.0 Å². The number of aliphatic hydroxyl groups excluding tert-OH is 1. The van der Waals surface area contributed by atoms with Gasteiger partial charge in [0.25, 0.3) is 0 Å². The van der Waals surface area contributed by atoms with Gasteiger partial charge in [-0.2, -0.15) is 0 Å². The lowest BCUT2D eigenvalue weighted by atomic mass is 10.1. The Hall–Kier alpha value is -4.49. The number of ketones is 1. The monoisotopic (exact) mass is 438 g/mol. The fourth-order valence-corrected chi connectivity index (χ4v) is 3.13. The number of rotatable bonds is 8. The van der Waals surface area contributed by atoms with Crippen molar-refractivity contribution in [2.45, 2.75) is 6.61 Å². The molecule has 0 aliphatic rings. The third kappa shape index (κ3) is 5.61. The maximum Gasteiger partial charge on any atom is 0.189 e. The molecule has 33 heavy (non-hydrogen) atoms. The minimum absolute atomic E-state index is 0.0314. The van der Waals surface area contributed by atoms with Crippen molar-refractivity contribution in [1.82, 2.24) is 9.97 Å². The Morgan fingerprint density at radius 2 is 1.42 bits per heavy atom. The predicted octanol–water partition coefficient (Wildman–Crippen LogP) is 5.06. The minimum atomic E-state index is -0.211. The number of aliphatic hydroxyl groups is 1. The molecule has 4 rings (SSSR count). The smallest absolute Gasteiger partial charge is 0.189 e. The van der Waals surface area contributed by atoms with Crippen LogP contribution >= 0.6 is 0 Å². The third-order valence-corrected chi connectivity index (χ3v) is 4.86. The van der Waals surface area contributed by atoms with Crippen molar-refractivity contribution in [2.24, 2.45) is 0 Å². The van der Waals surface area contributed by atoms with Crippen LogP contribution in [0.2, 0.25) is 0 Å². The molecule has 4 N–H and O–H groups in total. The average molecular weight is 438 g/mol. The van der Waals surface area contributed by atoms with Gasteiger partial charge in [-0.05, 0) is 78.4 Å². The normalized spacial score (nSPS) is 10.8. The third-order valence-electron chi connectivity index (χ3n) is 4.86. The molecular weight excluding hydrogens is 416 g/mol. The molecule has 0 amide bonds. The molecule has 0 spiro atoms. The summed E-state index contributed by atoms with van der Waals surface area (Å²) in [5.41, 5.74) is 3.48. The molecule has 2 aromatic heterocycles. The fourth-order valence-electron chi connectivity index (χ4n) is 3.13. The van der Waals surface area contributed by atoms with Gasteiger partial charge < -0.3 is 20.8 Å². The molecule has 0 atom stereocenters. The molecule has 0 aliphatic carbocycles. The first-order valence-electron chi connectivity index (χ1n) is 10.3. The van der Waals surface area contributed by atoms with Crippen molar-refractivity contribution in [3.8, 4) is 5.75 Å². The second kappa shape index (κ2) is 10.2. The van der Waals surface area contributed by atoms with Crippen molar-refractivity contribution in [3.05, 3.63) is 108 Å². The van der Waals surface area contributed by atoms with Gasteiger partial charge in [0.15, 0.2) is 5.78 Å². The Balaban J connectivity index is 1.53. The van der Waals surface area contributed by atoms with Gasteiger partial charge in [-0.1, -0.05) is 12.1 Å². The van der Waals surface area contributed by atoms with Crippen LogP contribution in [0.1, 0.15) is 21.5 Å². The summed E-state index contributed by atoms with van der Waals surface area (Å²) < 4.78 is 0. The van der Waals surface area contributed by atoms with Gasteiger partial charge in [0.2, 0.25) is 0 Å². The van der Waals surface area contributed by atoms with E-state index in [1.807, 2.05) is 18.2 Å². The molecule has 0 unspecified atom stereocenters. The van der Waals surface area contributed by atoms with Crippen LogP contribution in [0.15, 0.2) is 91.3 Å². The highest BCUT2D eigenvalue weighted by Gasteiger charge is 2.11. The van der Waals surface area contributed by atoms with Crippen LogP contribution in [0.25, 0.3) is 6.08 Å². The summed E-state index contributed by atoms with van der Waals surface area (Å²) in [5, 5.41) is 25.0. The van der Waals surface area contributed by atoms with E-state index in [0.29, 0.717) is 17.2 Å². The summed E-state index contributed by atoms with van der Waals surface area (Å²) in [4.78, 5) is 21.6. The molecule has 0 fully saturated rings. The Morgan fingerprint density at radius 3 is 2.12 bits per heavy atom. The van der Waals surface area contributed by atoms with Gasteiger partial charge in [-0.3, -0.25) is 4.79 Å². The molecular formula is C26H22N4O3. The molecule has 0 saturated carbocycles. The summed E-state index contributed by atoms with van der Waals surface area (Å²) in [6.45, 7) is -0.0314. The Kier molecular flexibility index (Phi) is 6.73. The van der Waals surface area contributed by atoms with Crippen LogP contribution in [0.5, 0.6) is 5.75 Å². The van der Waals surface area contributed by atoms with Gasteiger partial charge >= 0.3 is 0 Å². The first-order chi connectivity index (χ1) is 16.1. The average Bonchev–Trinajstić information content (AvgIpc) is 2.85. The first-order valence-corrected chi connectivity index (χ1v) is 10.3. The van der Waals surface area contributed by atoms with Crippen molar-refractivity contribution < 1.29 is 15.0 Å². The molecule has 2 heterocycles. The number of phenolic OH excluding ortho intramolecular Hbond substituents is 1. The predicted molar refractivity (Wildman–Crippen MR) is 129 cm³/mol. The largest absolute Gasteiger partial charge is 0.508 e. The lowest BCUT2D eigenvalue weighted by Crippen LogP contribution is -2.03. The SMILES string of the molecule is O=C(/C=C/c1cccnc1Nc1ccc(O)cc1)c1cccnc1Nc1ccc(CO)cc1. The number of aromatic nitrogens is 2. The van der Waals surface area contributed by atoms with Crippen LogP contribution in [0, 0.1) is 0 Å². The summed E-state index contributed by atoms with van der Waals surface area (Å²) in [6.07, 6.45) is 6.46. The van der Waals surface area contributed by atoms with E-state index in [1.165, 1.54) is 6.08 Å². The number of pyridine rings is 2. The van der Waals surface area contributed by atoms with E-state index in [0.717, 1.165) is 22.5 Å². The first kappa shape index (κ1) is 21.7. The van der Waals surface area contributed by atoms with E-state index >= 15 is 0 Å². The zero-order chi connectivity index (χ0) is 23.0. The van der Waals surface area contributed by atoms with Gasteiger partial charge in [0.1, 0.15) is 17.4 Å². The maximum absolute atomic E-state index is 13.0. The lowest BCUT2D eigenvalue weighted by Gasteiger charge is -2.10. The number of nitrogens with one attached hydrogen (secondary N) is 2. The molecule has 164 valence electrons. The zero-order valence-corrected chi connectivity index (χ0v) is 17.6. The highest BCUT2D eigenvalue weighted by atomic mass is 16.3. The van der Waals surface area contributed by atoms with Crippen molar-refractivity contribution in [3.63, 3.8) is 0 Å². The summed E-state index contributed by atoms with van der Waals surface area (Å²) in [6, 6.07) is 21.0. The zero-order valence-electron chi connectivity index (χ0n) is 17.6. The Labute approximate surface area is 191 Å². The van der Waals surface area contributed by atoms with Gasteiger partial charge in [-0.25, -0.2) is 9.97 Å². The second-order valence-corrected chi connectivity index (χ2v) is 7.19. The van der Waals surface area contributed by atoms with Gasteiger partial charge in [0, 0.05) is 29.3 Å². The fraction of sp³-hybridized carbons (Fsp3) is 0.0385. The maximum atomic E-state index is 13.0. The molecule has 4 aromatic rings. The highest BCUT2D eigenvalue weighted by Crippen LogP contribution is 2.23. The van der Waals surface area contributed by atoms with Crippen molar-refractivity contribution in [1.29, 1.82) is 0 Å². The number of carbonyl (C=O) groups is 1. The van der Waals surface area contributed by atoms with E-state index in [1.54, 1.807) is 73.1 Å². The van der Waals surface area contributed by atoms with E-state index in [9.17, 15) is 15.0 Å². The second-order valence-electron chi connectivity index (χ2n) is 7.19. The Bertz CT molecular complexity index is 1270. The quantitative estimate of drug-likeness (QED) is 0.173. The van der Waals surface area contributed by atoms with E-state index in [2.05, 4.69) is 20.6 Å². The topological polar surface area (TPSA) is 107 Å². The lowest BCUT2D eigenvalue weighted by molar-refractivity contribution is 0.104. The molecule has 0 aliphatic heterocycles. The molecule has 7 nitrogen and oxygen atoms in total. The van der Waals surface area contributed by atoms with E-state index < -0.39 is 0 Å². The van der Waals surface area contributed by atoms with Crippen LogP contribution in [-0.2, 0) is 6.61 Å². The van der Waals surface area contributed by atoms with Crippen molar-refractivity contribution in [2.75, 3.05) is 10.6 Å². The molecule has 7 heteroatoms. The molecule has 0 radical (unpaired) electrons. The molecule has 2 aromatic carbocycles. The van der Waals surface area contributed by atoms with Crippen LogP contribution < -0.4 is 10.6 Å². The number of benzene rings is 2. The summed E-state index contributed by atoms with van der Waals surface area (Å²) in [5.74, 6) is 0.993. The highest BCUT2D eigenvalue weighted by molar-refractivity contribution is 6.10. The molecule has 0 saturated heterocycles. The number of phenols is 1. The number of carbonyl (C=O) groups excluding carboxylic acids is 1. The standard InChI is InChI=1S/C26H22N4O3/c31-17-18-5-8-20(9-6-18)30-26-23(4-2-16-28-26)24(33)14-7-19-3-1-15-27-25(19)29-21-10-12-22(32)13-11-21/h1-16,31-32H,17H2,(H,27,29)(H,28,30)/b14-7+. The number of aromatic hydroxyl groups is 1. The number of nitrogens with zero attached hydrogens (tertiary/aromatic N) is 2. The van der Waals surface area contributed by atoms with Crippen molar-refractivity contribution >= 4 is 34.9 Å². The van der Waals surface area contributed by atoms with Crippen LogP contribution in [0.3, 0.4) is 0 Å². The number of allylic oxidation sites excluding steroid dienone is 1. The Morgan fingerprint density at radius 1 is 0.818 bits per heavy atom. The summed E-state index contributed by atoms with van der Waals surface area (Å²) in [7, 11) is 0. The number of hydrogen-bond donors (Lipinski definition) is 4.